The third-order valence-corrected chi connectivity index (χ3v) is 4.42. The second-order valence-electron chi connectivity index (χ2n) is 6.45. The molecule has 1 atom stereocenters. The Bertz CT molecular complexity index is 718. The van der Waals surface area contributed by atoms with Gasteiger partial charge in [0.25, 0.3) is 5.91 Å². The first-order valence-electron chi connectivity index (χ1n) is 8.59. The van der Waals surface area contributed by atoms with Crippen LogP contribution in [-0.4, -0.2) is 42.6 Å². The lowest BCUT2D eigenvalue weighted by Gasteiger charge is -2.17. The van der Waals surface area contributed by atoms with Crippen LogP contribution in [0.2, 0.25) is 0 Å². The number of aryl methyl sites for hydroxylation is 1. The zero-order valence-corrected chi connectivity index (χ0v) is 14.8. The van der Waals surface area contributed by atoms with Crippen molar-refractivity contribution in [3.05, 3.63) is 59.3 Å². The van der Waals surface area contributed by atoms with Gasteiger partial charge in [0.05, 0.1) is 20.3 Å². The summed E-state index contributed by atoms with van der Waals surface area (Å²) in [6.07, 6.45) is 0.974. The minimum absolute atomic E-state index is 0.0364. The molecule has 25 heavy (non-hydrogen) atoms. The second-order valence-corrected chi connectivity index (χ2v) is 6.45. The average molecular weight is 340 g/mol. The van der Waals surface area contributed by atoms with Gasteiger partial charge in [0.1, 0.15) is 0 Å². The van der Waals surface area contributed by atoms with Crippen LogP contribution in [0.15, 0.2) is 42.5 Å². The molecule has 1 aliphatic heterocycles. The molecule has 1 saturated heterocycles. The largest absolute Gasteiger partial charge is 0.481 e. The number of likely N-dealkylation sites (tertiary alicyclic amines) is 1. The van der Waals surface area contributed by atoms with Crippen molar-refractivity contribution in [2.24, 2.45) is 5.92 Å². The van der Waals surface area contributed by atoms with E-state index in [2.05, 4.69) is 17.1 Å². The number of aromatic nitrogens is 1. The second kappa shape index (κ2) is 8.12. The van der Waals surface area contributed by atoms with E-state index in [4.69, 9.17) is 9.47 Å². The molecule has 1 amide bonds. The molecule has 0 bridgehead atoms. The maximum Gasteiger partial charge on any atom is 0.254 e. The van der Waals surface area contributed by atoms with E-state index in [9.17, 15) is 4.79 Å². The number of hydrogen-bond donors (Lipinski definition) is 0. The van der Waals surface area contributed by atoms with Crippen LogP contribution >= 0.6 is 0 Å². The molecule has 3 rings (SSSR count). The number of amides is 1. The summed E-state index contributed by atoms with van der Waals surface area (Å²) in [6, 6.07) is 13.7. The summed E-state index contributed by atoms with van der Waals surface area (Å²) in [6.45, 7) is 4.66. The summed E-state index contributed by atoms with van der Waals surface area (Å²) in [5.41, 5.74) is 2.59. The van der Waals surface area contributed by atoms with Gasteiger partial charge in [-0.25, -0.2) is 4.98 Å². The van der Waals surface area contributed by atoms with E-state index in [1.807, 2.05) is 36.1 Å². The number of pyridine rings is 1. The summed E-state index contributed by atoms with van der Waals surface area (Å²) in [7, 11) is 1.56. The van der Waals surface area contributed by atoms with E-state index >= 15 is 0 Å². The predicted octanol–water partition coefficient (Wildman–Crippen LogP) is 3.08. The average Bonchev–Trinajstić information content (AvgIpc) is 3.10. The smallest absolute Gasteiger partial charge is 0.254 e. The number of carbonyl (C=O) groups is 1. The first-order chi connectivity index (χ1) is 12.2. The molecule has 5 heteroatoms. The minimum Gasteiger partial charge on any atom is -0.481 e. The fourth-order valence-electron chi connectivity index (χ4n) is 3.12. The first-order valence-corrected chi connectivity index (χ1v) is 8.59. The van der Waals surface area contributed by atoms with Gasteiger partial charge in [-0.2, -0.15) is 0 Å². The number of benzene rings is 1. The van der Waals surface area contributed by atoms with Crippen molar-refractivity contribution in [2.75, 3.05) is 26.8 Å². The predicted molar refractivity (Wildman–Crippen MR) is 95.6 cm³/mol. The van der Waals surface area contributed by atoms with Crippen molar-refractivity contribution in [3.63, 3.8) is 0 Å². The summed E-state index contributed by atoms with van der Waals surface area (Å²) in [5.74, 6) is 0.900. The Balaban J connectivity index is 1.52. The molecule has 2 aromatic rings. The van der Waals surface area contributed by atoms with Crippen molar-refractivity contribution in [2.45, 2.75) is 20.0 Å². The summed E-state index contributed by atoms with van der Waals surface area (Å²) in [5, 5.41) is 0. The Hall–Kier alpha value is -2.40. The van der Waals surface area contributed by atoms with Gasteiger partial charge in [0.2, 0.25) is 5.88 Å². The normalized spacial score (nSPS) is 16.9. The van der Waals surface area contributed by atoms with Crippen LogP contribution in [0.4, 0.5) is 0 Å². The van der Waals surface area contributed by atoms with Crippen molar-refractivity contribution in [3.8, 4) is 5.88 Å². The van der Waals surface area contributed by atoms with E-state index < -0.39 is 0 Å². The van der Waals surface area contributed by atoms with Crippen molar-refractivity contribution in [1.29, 1.82) is 0 Å². The molecular formula is C20H24N2O3. The highest BCUT2D eigenvalue weighted by Gasteiger charge is 2.27. The number of rotatable bonds is 6. The molecule has 0 spiro atoms. The van der Waals surface area contributed by atoms with Gasteiger partial charge < -0.3 is 14.4 Å². The van der Waals surface area contributed by atoms with Crippen LogP contribution in [0.1, 0.15) is 28.0 Å². The van der Waals surface area contributed by atoms with Crippen LogP contribution in [0.25, 0.3) is 0 Å². The van der Waals surface area contributed by atoms with Gasteiger partial charge >= 0.3 is 0 Å². The first kappa shape index (κ1) is 17.4. The third kappa shape index (κ3) is 4.57. The molecule has 132 valence electrons. The van der Waals surface area contributed by atoms with Crippen LogP contribution < -0.4 is 4.74 Å². The Kier molecular flexibility index (Phi) is 5.66. The van der Waals surface area contributed by atoms with Gasteiger partial charge in [-0.05, 0) is 25.0 Å². The van der Waals surface area contributed by atoms with E-state index in [1.54, 1.807) is 13.2 Å². The van der Waals surface area contributed by atoms with Crippen molar-refractivity contribution >= 4 is 5.91 Å². The fraction of sp³-hybridized carbons (Fsp3) is 0.400. The fourth-order valence-corrected chi connectivity index (χ4v) is 3.12. The van der Waals surface area contributed by atoms with Crippen LogP contribution in [0.5, 0.6) is 5.88 Å². The topological polar surface area (TPSA) is 51.7 Å². The number of methoxy groups -OCH3 is 1. The van der Waals surface area contributed by atoms with Gasteiger partial charge in [0, 0.05) is 36.3 Å². The highest BCUT2D eigenvalue weighted by atomic mass is 16.5. The zero-order valence-electron chi connectivity index (χ0n) is 14.8. The quantitative estimate of drug-likeness (QED) is 0.811. The Labute approximate surface area is 148 Å². The summed E-state index contributed by atoms with van der Waals surface area (Å²) < 4.78 is 11.0. The summed E-state index contributed by atoms with van der Waals surface area (Å²) >= 11 is 0. The molecule has 1 aromatic heterocycles. The molecule has 0 saturated carbocycles. The van der Waals surface area contributed by atoms with Crippen LogP contribution in [-0.2, 0) is 11.3 Å². The highest BCUT2D eigenvalue weighted by molar-refractivity contribution is 5.94. The van der Waals surface area contributed by atoms with Crippen molar-refractivity contribution < 1.29 is 14.3 Å². The Morgan fingerprint density at radius 1 is 1.28 bits per heavy atom. The maximum atomic E-state index is 12.7. The summed E-state index contributed by atoms with van der Waals surface area (Å²) in [4.78, 5) is 18.8. The molecule has 2 heterocycles. The lowest BCUT2D eigenvalue weighted by molar-refractivity contribution is 0.0732. The third-order valence-electron chi connectivity index (χ3n) is 4.42. The molecule has 1 aromatic carbocycles. The molecule has 1 unspecified atom stereocenters. The van der Waals surface area contributed by atoms with E-state index in [-0.39, 0.29) is 5.91 Å². The lowest BCUT2D eigenvalue weighted by atomic mass is 10.1. The number of carbonyl (C=O) groups excluding carboxylic acids is 1. The number of hydrogen-bond acceptors (Lipinski definition) is 4. The van der Waals surface area contributed by atoms with E-state index in [0.717, 1.165) is 25.2 Å². The van der Waals surface area contributed by atoms with Crippen LogP contribution in [0.3, 0.4) is 0 Å². The molecule has 1 aliphatic rings. The van der Waals surface area contributed by atoms with E-state index in [0.29, 0.717) is 30.6 Å². The molecular weight excluding hydrogens is 316 g/mol. The van der Waals surface area contributed by atoms with Crippen LogP contribution in [0, 0.1) is 12.8 Å². The maximum absolute atomic E-state index is 12.7. The molecule has 1 fully saturated rings. The van der Waals surface area contributed by atoms with Gasteiger partial charge in [-0.1, -0.05) is 30.3 Å². The van der Waals surface area contributed by atoms with Gasteiger partial charge in [0.15, 0.2) is 0 Å². The molecule has 0 aliphatic carbocycles. The Morgan fingerprint density at radius 3 is 2.84 bits per heavy atom. The van der Waals surface area contributed by atoms with Gasteiger partial charge in [-0.3, -0.25) is 4.79 Å². The minimum atomic E-state index is 0.0364. The number of ether oxygens (including phenoxy) is 2. The van der Waals surface area contributed by atoms with Gasteiger partial charge in [-0.15, -0.1) is 0 Å². The monoisotopic (exact) mass is 340 g/mol. The van der Waals surface area contributed by atoms with E-state index in [1.165, 1.54) is 5.56 Å². The molecule has 0 N–H and O–H groups in total. The SMILES string of the molecule is COc1cc(C(=O)N2CCC(COCc3ccccc3)C2)cc(C)n1. The molecule has 0 radical (unpaired) electrons. The lowest BCUT2D eigenvalue weighted by Crippen LogP contribution is -2.29. The highest BCUT2D eigenvalue weighted by Crippen LogP contribution is 2.21. The number of nitrogens with zero attached hydrogens (tertiary/aromatic N) is 2. The molecule has 5 nitrogen and oxygen atoms in total. The zero-order chi connectivity index (χ0) is 17.6. The Morgan fingerprint density at radius 2 is 2.08 bits per heavy atom. The van der Waals surface area contributed by atoms with Crippen molar-refractivity contribution in [1.82, 2.24) is 9.88 Å². The standard InChI is InChI=1S/C20H24N2O3/c1-15-10-18(11-19(21-15)24-2)20(23)22-9-8-17(12-22)14-25-13-16-6-4-3-5-7-16/h3-7,10-11,17H,8-9,12-14H2,1-2H3.